The Morgan fingerprint density at radius 2 is 1.60 bits per heavy atom. The van der Waals surface area contributed by atoms with Crippen molar-refractivity contribution in [1.82, 2.24) is 15.2 Å². The summed E-state index contributed by atoms with van der Waals surface area (Å²) in [7, 11) is 0. The number of ether oxygens (including phenoxy) is 1. The molecule has 55 heavy (non-hydrogen) atoms. The van der Waals surface area contributed by atoms with Crippen molar-refractivity contribution < 1.29 is 24.2 Å². The third kappa shape index (κ3) is 10.4. The van der Waals surface area contributed by atoms with Crippen molar-refractivity contribution in [2.45, 2.75) is 144 Å². The molecule has 2 fully saturated rings. The van der Waals surface area contributed by atoms with Gasteiger partial charge in [-0.3, -0.25) is 14.4 Å². The van der Waals surface area contributed by atoms with Crippen LogP contribution in [0.1, 0.15) is 136 Å². The summed E-state index contributed by atoms with van der Waals surface area (Å²) in [6.45, 7) is 17.1. The van der Waals surface area contributed by atoms with Crippen LogP contribution in [-0.4, -0.2) is 51.5 Å². The van der Waals surface area contributed by atoms with Gasteiger partial charge >= 0.3 is 5.97 Å². The summed E-state index contributed by atoms with van der Waals surface area (Å²) in [4.78, 5) is 51.5. The van der Waals surface area contributed by atoms with Gasteiger partial charge in [0, 0.05) is 13.0 Å². The van der Waals surface area contributed by atoms with Crippen LogP contribution < -0.4 is 5.32 Å². The first-order valence-corrected chi connectivity index (χ1v) is 21.4. The van der Waals surface area contributed by atoms with E-state index in [-0.39, 0.29) is 48.8 Å². The van der Waals surface area contributed by atoms with Crippen LogP contribution in [0.3, 0.4) is 0 Å². The van der Waals surface area contributed by atoms with Crippen molar-refractivity contribution in [1.29, 1.82) is 0 Å². The number of carbonyl (C=O) groups excluding carboxylic acids is 3. The van der Waals surface area contributed by atoms with Gasteiger partial charge in [0.05, 0.1) is 39.6 Å². The van der Waals surface area contributed by atoms with Crippen molar-refractivity contribution in [2.75, 3.05) is 6.54 Å². The van der Waals surface area contributed by atoms with Gasteiger partial charge in [-0.15, -0.1) is 11.3 Å². The minimum atomic E-state index is -1.10. The van der Waals surface area contributed by atoms with Crippen molar-refractivity contribution in [3.05, 3.63) is 76.9 Å². The molecule has 1 aliphatic carbocycles. The predicted octanol–water partition coefficient (Wildman–Crippen LogP) is 9.84. The third-order valence-corrected chi connectivity index (χ3v) is 13.2. The summed E-state index contributed by atoms with van der Waals surface area (Å²) in [5, 5.41) is 14.2. The fourth-order valence-electron chi connectivity index (χ4n) is 9.26. The van der Waals surface area contributed by atoms with Crippen LogP contribution in [0.5, 0.6) is 0 Å². The summed E-state index contributed by atoms with van der Waals surface area (Å²) in [5.74, 6) is -1.15. The third-order valence-electron chi connectivity index (χ3n) is 12.3. The Labute approximate surface area is 333 Å². The first-order valence-electron chi connectivity index (χ1n) is 20.5. The lowest BCUT2D eigenvalue weighted by Gasteiger charge is -2.46. The Balaban J connectivity index is 1.45. The number of likely N-dealkylation sites (tertiary alicyclic amines) is 1. The summed E-state index contributed by atoms with van der Waals surface area (Å²) in [6, 6.07) is 16.6. The molecule has 9 heteroatoms. The monoisotopic (exact) mass is 771 g/mol. The number of nitrogens with zero attached hydrogens (tertiary/aromatic N) is 2. The number of aliphatic hydroxyl groups is 1. The number of rotatable bonds is 9. The number of carbonyl (C=O) groups is 3. The van der Waals surface area contributed by atoms with Crippen molar-refractivity contribution in [3.63, 3.8) is 0 Å². The Hall–Kier alpha value is -3.56. The highest BCUT2D eigenvalue weighted by Crippen LogP contribution is 2.51. The second-order valence-electron chi connectivity index (χ2n) is 18.4. The first kappa shape index (κ1) is 42.6. The zero-order chi connectivity index (χ0) is 40.0. The molecule has 2 N–H and O–H groups in total. The van der Waals surface area contributed by atoms with E-state index in [0.29, 0.717) is 18.8 Å². The number of β-amino-alcohol motifs (C(OH)–C–C–N with tert-alkyl or cyclic N) is 1. The normalized spacial score (nSPS) is 24.0. The van der Waals surface area contributed by atoms with E-state index in [4.69, 9.17) is 4.74 Å². The predicted molar refractivity (Wildman–Crippen MR) is 221 cm³/mol. The molecule has 3 aromatic rings. The molecule has 2 heterocycles. The Bertz CT molecular complexity index is 1730. The van der Waals surface area contributed by atoms with E-state index in [1.165, 1.54) is 0 Å². The van der Waals surface area contributed by atoms with Gasteiger partial charge in [-0.2, -0.15) is 0 Å². The molecule has 0 bridgehead atoms. The van der Waals surface area contributed by atoms with Crippen LogP contribution in [0.2, 0.25) is 0 Å². The standard InChI is InChI=1S/C46H65N3O5S/c1-31(34-21-23-35(24-22-34)39-32(2)47-30-55-39)48-41(51)38-27-37(50)28-49(38)42(52)40(45(6,7)8)46(43(53)54-29-33-17-12-11-13-18-33)25-15-10-9-14-19-36(20-16-26-46)44(3,4)5/h11-13,17-18,21-24,30-31,36-38,40,50H,9-10,14-16,19-20,25-29H2,1-8H3,(H,48,51)/t31-,36?,37+,38-,40+,46?/m0/s1. The summed E-state index contributed by atoms with van der Waals surface area (Å²) >= 11 is 1.60. The maximum atomic E-state index is 15.3. The van der Waals surface area contributed by atoms with E-state index < -0.39 is 28.9 Å². The maximum Gasteiger partial charge on any atom is 0.313 e. The molecule has 1 aromatic heterocycles. The van der Waals surface area contributed by atoms with E-state index in [2.05, 4.69) is 31.1 Å². The van der Waals surface area contributed by atoms with Crippen molar-refractivity contribution in [2.24, 2.45) is 28.1 Å². The van der Waals surface area contributed by atoms with Gasteiger partial charge < -0.3 is 20.1 Å². The lowest BCUT2D eigenvalue weighted by Crippen LogP contribution is -2.56. The number of aromatic nitrogens is 1. The van der Waals surface area contributed by atoms with Gasteiger partial charge in [0.25, 0.3) is 0 Å². The molecule has 2 amide bonds. The number of hydrogen-bond donors (Lipinski definition) is 2. The van der Waals surface area contributed by atoms with Crippen molar-refractivity contribution >= 4 is 29.1 Å². The summed E-state index contributed by atoms with van der Waals surface area (Å²) in [5.41, 5.74) is 4.13. The molecule has 5 rings (SSSR count). The maximum absolute atomic E-state index is 15.3. The number of hydrogen-bond acceptors (Lipinski definition) is 7. The lowest BCUT2D eigenvalue weighted by molar-refractivity contribution is -0.174. The van der Waals surface area contributed by atoms with Gasteiger partial charge in [0.15, 0.2) is 0 Å². The fraction of sp³-hybridized carbons (Fsp3) is 0.609. The highest BCUT2D eigenvalue weighted by molar-refractivity contribution is 7.13. The van der Waals surface area contributed by atoms with Gasteiger partial charge in [0.2, 0.25) is 11.8 Å². The summed E-state index contributed by atoms with van der Waals surface area (Å²) in [6.07, 6.45) is 7.32. The van der Waals surface area contributed by atoms with Crippen LogP contribution in [0.4, 0.5) is 0 Å². The molecular formula is C46H65N3O5S. The topological polar surface area (TPSA) is 109 Å². The molecule has 0 radical (unpaired) electrons. The molecule has 6 atom stereocenters. The second-order valence-corrected chi connectivity index (χ2v) is 19.3. The van der Waals surface area contributed by atoms with Crippen LogP contribution in [0.15, 0.2) is 60.1 Å². The van der Waals surface area contributed by atoms with Crippen LogP contribution in [0, 0.1) is 35.0 Å². The van der Waals surface area contributed by atoms with Crippen LogP contribution >= 0.6 is 11.3 Å². The largest absolute Gasteiger partial charge is 0.460 e. The molecule has 1 saturated carbocycles. The Morgan fingerprint density at radius 3 is 2.24 bits per heavy atom. The number of thiazole rings is 1. The molecule has 1 saturated heterocycles. The number of nitrogens with one attached hydrogen (secondary N) is 1. The minimum Gasteiger partial charge on any atom is -0.460 e. The quantitative estimate of drug-likeness (QED) is 0.210. The zero-order valence-electron chi connectivity index (χ0n) is 34.5. The number of esters is 1. The number of benzene rings is 2. The molecule has 1 aliphatic heterocycles. The summed E-state index contributed by atoms with van der Waals surface area (Å²) < 4.78 is 6.25. The van der Waals surface area contributed by atoms with E-state index in [1.54, 1.807) is 16.2 Å². The molecule has 2 unspecified atom stereocenters. The molecular weight excluding hydrogens is 707 g/mol. The Morgan fingerprint density at radius 1 is 0.945 bits per heavy atom. The van der Waals surface area contributed by atoms with Gasteiger partial charge in [0.1, 0.15) is 12.6 Å². The molecule has 300 valence electrons. The number of aryl methyl sites for hydroxylation is 1. The molecule has 0 spiro atoms. The SMILES string of the molecule is Cc1ncsc1-c1ccc([C@H](C)NC(=O)[C@@H]2C[C@@H](O)CN2C(=O)[C@H](C(C)(C)C)C2(C(=O)OCc3ccccc3)CCCCCCC(C(C)(C)C)CCC2)cc1. The highest BCUT2D eigenvalue weighted by atomic mass is 32.1. The zero-order valence-corrected chi connectivity index (χ0v) is 35.3. The molecule has 2 aliphatic rings. The Kier molecular flexibility index (Phi) is 14.0. The van der Waals surface area contributed by atoms with E-state index in [0.717, 1.165) is 72.2 Å². The number of amides is 2. The second kappa shape index (κ2) is 18.1. The molecule has 8 nitrogen and oxygen atoms in total. The molecule has 2 aromatic carbocycles. The van der Waals surface area contributed by atoms with E-state index >= 15 is 4.79 Å². The van der Waals surface area contributed by atoms with Gasteiger partial charge in [-0.1, -0.05) is 128 Å². The van der Waals surface area contributed by atoms with Crippen LogP contribution in [0.25, 0.3) is 10.4 Å². The smallest absolute Gasteiger partial charge is 0.313 e. The lowest BCUT2D eigenvalue weighted by atomic mass is 9.59. The fourth-order valence-corrected chi connectivity index (χ4v) is 10.1. The average molecular weight is 772 g/mol. The highest BCUT2D eigenvalue weighted by Gasteiger charge is 2.57. The minimum absolute atomic E-state index is 0.0437. The number of aliphatic hydroxyl groups excluding tert-OH is 1. The first-order chi connectivity index (χ1) is 26.0. The van der Waals surface area contributed by atoms with Crippen molar-refractivity contribution in [3.8, 4) is 10.4 Å². The average Bonchev–Trinajstić information content (AvgIpc) is 3.74. The van der Waals surface area contributed by atoms with Gasteiger partial charge in [-0.25, -0.2) is 4.98 Å². The van der Waals surface area contributed by atoms with Crippen LogP contribution in [-0.2, 0) is 25.7 Å². The van der Waals surface area contributed by atoms with E-state index in [1.807, 2.05) is 94.7 Å². The van der Waals surface area contributed by atoms with E-state index in [9.17, 15) is 14.7 Å². The van der Waals surface area contributed by atoms with Gasteiger partial charge in [-0.05, 0) is 73.0 Å².